The monoisotopic (exact) mass is 471 g/mol. The first-order valence-electron chi connectivity index (χ1n) is 8.06. The molecule has 3 unspecified atom stereocenters. The van der Waals surface area contributed by atoms with Gasteiger partial charge in [0.1, 0.15) is 6.10 Å². The van der Waals surface area contributed by atoms with Gasteiger partial charge in [-0.15, -0.1) is 35.3 Å². The minimum Gasteiger partial charge on any atom is -0.386 e. The number of hydrogen-bond acceptors (Lipinski definition) is 3. The van der Waals surface area contributed by atoms with E-state index in [2.05, 4.69) is 29.5 Å². The minimum atomic E-state index is -0.599. The number of aliphatic hydroxyl groups is 1. The summed E-state index contributed by atoms with van der Waals surface area (Å²) in [4.78, 5) is 5.38. The van der Waals surface area contributed by atoms with Gasteiger partial charge in [-0.25, -0.2) is 0 Å². The minimum absolute atomic E-state index is 0. The highest BCUT2D eigenvalue weighted by atomic mass is 127. The first-order chi connectivity index (χ1) is 10.6. The Morgan fingerprint density at radius 3 is 2.87 bits per heavy atom. The zero-order valence-electron chi connectivity index (χ0n) is 13.7. The smallest absolute Gasteiger partial charge is 0.191 e. The third-order valence-electron chi connectivity index (χ3n) is 3.97. The third kappa shape index (κ3) is 7.15. The first kappa shape index (κ1) is 21.0. The SMILES string of the molecule is CCNC(=NCC(O)c1ccc(Cl)s1)NC1CCCC(C)C1.I. The van der Waals surface area contributed by atoms with Crippen LogP contribution in [0.3, 0.4) is 0 Å². The fourth-order valence-electron chi connectivity index (χ4n) is 2.85. The fourth-order valence-corrected chi connectivity index (χ4v) is 3.89. The molecule has 1 heterocycles. The Bertz CT molecular complexity index is 497. The van der Waals surface area contributed by atoms with Crippen LogP contribution in [0.2, 0.25) is 4.34 Å². The summed E-state index contributed by atoms with van der Waals surface area (Å²) in [6, 6.07) is 4.15. The molecule has 132 valence electrons. The molecule has 1 aliphatic carbocycles. The second kappa shape index (κ2) is 10.7. The molecular formula is C16H27ClIN3OS. The highest BCUT2D eigenvalue weighted by Gasteiger charge is 2.19. The highest BCUT2D eigenvalue weighted by molar-refractivity contribution is 14.0. The molecule has 0 aromatic carbocycles. The van der Waals surface area contributed by atoms with Crippen molar-refractivity contribution in [3.05, 3.63) is 21.3 Å². The molecule has 0 aliphatic heterocycles. The van der Waals surface area contributed by atoms with Crippen molar-refractivity contribution in [2.75, 3.05) is 13.1 Å². The molecule has 0 saturated heterocycles. The van der Waals surface area contributed by atoms with E-state index in [4.69, 9.17) is 11.6 Å². The van der Waals surface area contributed by atoms with E-state index in [1.165, 1.54) is 37.0 Å². The normalized spacial score (nSPS) is 23.0. The molecule has 0 radical (unpaired) electrons. The second-order valence-electron chi connectivity index (χ2n) is 5.99. The average Bonchev–Trinajstić information content (AvgIpc) is 2.91. The van der Waals surface area contributed by atoms with Crippen molar-refractivity contribution in [1.82, 2.24) is 10.6 Å². The van der Waals surface area contributed by atoms with Gasteiger partial charge in [-0.2, -0.15) is 0 Å². The summed E-state index contributed by atoms with van der Waals surface area (Å²) in [6.07, 6.45) is 4.38. The Kier molecular flexibility index (Phi) is 9.80. The van der Waals surface area contributed by atoms with Crippen LogP contribution in [0.1, 0.15) is 50.5 Å². The van der Waals surface area contributed by atoms with E-state index in [9.17, 15) is 5.11 Å². The van der Waals surface area contributed by atoms with Crippen LogP contribution in [-0.2, 0) is 0 Å². The predicted molar refractivity (Wildman–Crippen MR) is 110 cm³/mol. The maximum atomic E-state index is 10.2. The molecule has 1 fully saturated rings. The number of rotatable bonds is 5. The van der Waals surface area contributed by atoms with E-state index in [-0.39, 0.29) is 24.0 Å². The van der Waals surface area contributed by atoms with Gasteiger partial charge in [0.25, 0.3) is 0 Å². The number of halogens is 2. The first-order valence-corrected chi connectivity index (χ1v) is 9.26. The quantitative estimate of drug-likeness (QED) is 0.343. The van der Waals surface area contributed by atoms with Gasteiger partial charge >= 0.3 is 0 Å². The maximum absolute atomic E-state index is 10.2. The summed E-state index contributed by atoms with van der Waals surface area (Å²) in [5.41, 5.74) is 0. The molecule has 3 N–H and O–H groups in total. The number of thiophene rings is 1. The molecule has 0 spiro atoms. The Hall–Kier alpha value is -0.0500. The Labute approximate surface area is 165 Å². The largest absolute Gasteiger partial charge is 0.386 e. The lowest BCUT2D eigenvalue weighted by Gasteiger charge is -2.29. The van der Waals surface area contributed by atoms with Crippen molar-refractivity contribution in [2.24, 2.45) is 10.9 Å². The molecule has 1 aliphatic rings. The molecule has 7 heteroatoms. The zero-order valence-corrected chi connectivity index (χ0v) is 17.6. The van der Waals surface area contributed by atoms with Gasteiger partial charge in [0, 0.05) is 17.5 Å². The van der Waals surface area contributed by atoms with E-state index >= 15 is 0 Å². The average molecular weight is 472 g/mol. The van der Waals surface area contributed by atoms with Gasteiger partial charge in [-0.3, -0.25) is 4.99 Å². The van der Waals surface area contributed by atoms with Gasteiger partial charge < -0.3 is 15.7 Å². The van der Waals surface area contributed by atoms with Crippen molar-refractivity contribution >= 4 is 52.9 Å². The van der Waals surface area contributed by atoms with Crippen molar-refractivity contribution < 1.29 is 5.11 Å². The second-order valence-corrected chi connectivity index (χ2v) is 7.74. The number of nitrogens with one attached hydrogen (secondary N) is 2. The van der Waals surface area contributed by atoms with Crippen molar-refractivity contribution in [1.29, 1.82) is 0 Å². The molecule has 2 rings (SSSR count). The van der Waals surface area contributed by atoms with Crippen LogP contribution in [-0.4, -0.2) is 30.2 Å². The number of aliphatic hydroxyl groups excluding tert-OH is 1. The van der Waals surface area contributed by atoms with Crippen molar-refractivity contribution in [2.45, 2.75) is 51.7 Å². The lowest BCUT2D eigenvalue weighted by molar-refractivity contribution is 0.191. The molecule has 4 nitrogen and oxygen atoms in total. The van der Waals surface area contributed by atoms with Crippen LogP contribution in [0.25, 0.3) is 0 Å². The van der Waals surface area contributed by atoms with E-state index in [0.717, 1.165) is 23.3 Å². The Balaban J connectivity index is 0.00000264. The van der Waals surface area contributed by atoms with Gasteiger partial charge in [0.15, 0.2) is 5.96 Å². The van der Waals surface area contributed by atoms with Gasteiger partial charge in [-0.1, -0.05) is 31.4 Å². The summed E-state index contributed by atoms with van der Waals surface area (Å²) in [5, 5.41) is 17.0. The van der Waals surface area contributed by atoms with Crippen molar-refractivity contribution in [3.63, 3.8) is 0 Å². The van der Waals surface area contributed by atoms with Crippen LogP contribution in [0.4, 0.5) is 0 Å². The van der Waals surface area contributed by atoms with E-state index in [1.54, 1.807) is 6.07 Å². The van der Waals surface area contributed by atoms with Crippen molar-refractivity contribution in [3.8, 4) is 0 Å². The van der Waals surface area contributed by atoms with Gasteiger partial charge in [0.2, 0.25) is 0 Å². The highest BCUT2D eigenvalue weighted by Crippen LogP contribution is 2.27. The standard InChI is InChI=1S/C16H26ClN3OS.HI/c1-3-18-16(20-12-6-4-5-11(2)9-12)19-10-13(21)14-7-8-15(17)22-14;/h7-8,11-13,21H,3-6,9-10H2,1-2H3,(H2,18,19,20);1H. The molecule has 1 saturated carbocycles. The van der Waals surface area contributed by atoms with Gasteiger partial charge in [0.05, 0.1) is 10.9 Å². The molecule has 3 atom stereocenters. The molecular weight excluding hydrogens is 445 g/mol. The van der Waals surface area contributed by atoms with E-state index in [1.807, 2.05) is 6.07 Å². The van der Waals surface area contributed by atoms with E-state index in [0.29, 0.717) is 16.9 Å². The van der Waals surface area contributed by atoms with Crippen LogP contribution < -0.4 is 10.6 Å². The predicted octanol–water partition coefficient (Wildman–Crippen LogP) is 4.19. The number of nitrogens with zero attached hydrogens (tertiary/aromatic N) is 1. The van der Waals surface area contributed by atoms with Crippen LogP contribution >= 0.6 is 46.9 Å². The van der Waals surface area contributed by atoms with Crippen LogP contribution in [0.5, 0.6) is 0 Å². The number of hydrogen-bond donors (Lipinski definition) is 3. The lowest BCUT2D eigenvalue weighted by atomic mass is 9.87. The lowest BCUT2D eigenvalue weighted by Crippen LogP contribution is -2.45. The zero-order chi connectivity index (χ0) is 15.9. The third-order valence-corrected chi connectivity index (χ3v) is 5.30. The summed E-state index contributed by atoms with van der Waals surface area (Å²) >= 11 is 7.31. The summed E-state index contributed by atoms with van der Waals surface area (Å²) in [7, 11) is 0. The number of guanidine groups is 1. The van der Waals surface area contributed by atoms with Crippen LogP contribution in [0.15, 0.2) is 17.1 Å². The summed E-state index contributed by atoms with van der Waals surface area (Å²) in [6.45, 7) is 5.52. The molecule has 1 aromatic heterocycles. The van der Waals surface area contributed by atoms with Gasteiger partial charge in [-0.05, 0) is 37.8 Å². The maximum Gasteiger partial charge on any atom is 0.191 e. The molecule has 1 aromatic rings. The number of aliphatic imine (C=N–C) groups is 1. The fraction of sp³-hybridized carbons (Fsp3) is 0.688. The summed E-state index contributed by atoms with van der Waals surface area (Å²) < 4.78 is 0.694. The van der Waals surface area contributed by atoms with E-state index < -0.39 is 6.10 Å². The molecule has 0 bridgehead atoms. The Morgan fingerprint density at radius 2 is 2.26 bits per heavy atom. The molecule has 23 heavy (non-hydrogen) atoms. The molecule has 0 amide bonds. The Morgan fingerprint density at radius 1 is 1.48 bits per heavy atom. The van der Waals surface area contributed by atoms with Crippen LogP contribution in [0, 0.1) is 5.92 Å². The topological polar surface area (TPSA) is 56.7 Å². The summed E-state index contributed by atoms with van der Waals surface area (Å²) in [5.74, 6) is 1.57.